The number of aromatic nitrogens is 4. The minimum atomic E-state index is -0.171. The zero-order valence-corrected chi connectivity index (χ0v) is 16.7. The van der Waals surface area contributed by atoms with E-state index < -0.39 is 0 Å². The predicted molar refractivity (Wildman–Crippen MR) is 112 cm³/mol. The molecule has 0 bridgehead atoms. The van der Waals surface area contributed by atoms with Crippen LogP contribution in [0.2, 0.25) is 0 Å². The number of amides is 1. The summed E-state index contributed by atoms with van der Waals surface area (Å²) in [4.78, 5) is 24.2. The molecule has 3 aromatic heterocycles. The van der Waals surface area contributed by atoms with E-state index in [9.17, 15) is 4.79 Å². The molecule has 0 radical (unpaired) electrons. The van der Waals surface area contributed by atoms with E-state index in [4.69, 9.17) is 4.98 Å². The molecule has 0 saturated carbocycles. The second kappa shape index (κ2) is 7.90. The van der Waals surface area contributed by atoms with Gasteiger partial charge in [-0.2, -0.15) is 5.10 Å². The molecule has 0 fully saturated rings. The Balaban J connectivity index is 1.77. The Morgan fingerprint density at radius 2 is 2.04 bits per heavy atom. The van der Waals surface area contributed by atoms with Gasteiger partial charge in [-0.1, -0.05) is 36.5 Å². The van der Waals surface area contributed by atoms with E-state index in [1.54, 1.807) is 21.8 Å². The van der Waals surface area contributed by atoms with Crippen LogP contribution < -0.4 is 4.90 Å². The van der Waals surface area contributed by atoms with Crippen LogP contribution in [0.15, 0.2) is 54.9 Å². The van der Waals surface area contributed by atoms with Gasteiger partial charge in [0.25, 0.3) is 5.91 Å². The van der Waals surface area contributed by atoms with E-state index in [0.29, 0.717) is 23.9 Å². The number of carbonyl (C=O) groups is 1. The Morgan fingerprint density at radius 3 is 2.75 bits per heavy atom. The number of nitrogens with zero attached hydrogens (tertiary/aromatic N) is 5. The second-order valence-electron chi connectivity index (χ2n) is 6.38. The van der Waals surface area contributed by atoms with Crippen molar-refractivity contribution in [2.24, 2.45) is 0 Å². The van der Waals surface area contributed by atoms with E-state index >= 15 is 0 Å². The van der Waals surface area contributed by atoms with Crippen LogP contribution in [0.1, 0.15) is 35.6 Å². The first-order valence-corrected chi connectivity index (χ1v) is 10.1. The lowest BCUT2D eigenvalue weighted by Gasteiger charge is -2.18. The van der Waals surface area contributed by atoms with Gasteiger partial charge in [0.15, 0.2) is 10.8 Å². The molecule has 0 aliphatic carbocycles. The number of fused-ring (bicyclic) bond motifs is 1. The highest BCUT2D eigenvalue weighted by molar-refractivity contribution is 7.22. The predicted octanol–water partition coefficient (Wildman–Crippen LogP) is 4.32. The molecule has 0 unspecified atom stereocenters. The maximum atomic E-state index is 13.3. The monoisotopic (exact) mass is 391 g/mol. The summed E-state index contributed by atoms with van der Waals surface area (Å²) in [5.74, 6) is -0.171. The number of hydrogen-bond acceptors (Lipinski definition) is 5. The van der Waals surface area contributed by atoms with Gasteiger partial charge in [-0.05, 0) is 43.2 Å². The summed E-state index contributed by atoms with van der Waals surface area (Å²) in [6.07, 6.45) is 4.45. The molecule has 4 rings (SSSR count). The average Bonchev–Trinajstić information content (AvgIpc) is 3.39. The lowest BCUT2D eigenvalue weighted by Crippen LogP contribution is -2.31. The van der Waals surface area contributed by atoms with Crippen molar-refractivity contribution >= 4 is 32.6 Å². The zero-order chi connectivity index (χ0) is 19.5. The quantitative estimate of drug-likeness (QED) is 0.491. The van der Waals surface area contributed by atoms with Gasteiger partial charge in [0.05, 0.1) is 22.5 Å². The summed E-state index contributed by atoms with van der Waals surface area (Å²) in [7, 11) is 0. The van der Waals surface area contributed by atoms with Gasteiger partial charge in [0.2, 0.25) is 0 Å². The standard InChI is InChI=1S/C21H21N5OS/c1-3-15-8-7-10-18-19(15)23-21(28-18)26(14-16-9-5-6-12-22-16)20(27)17-11-13-25(4-2)24-17/h5-13H,3-4,14H2,1-2H3. The number of carbonyl (C=O) groups excluding carboxylic acids is 1. The van der Waals surface area contributed by atoms with Crippen LogP contribution in [0.4, 0.5) is 5.13 Å². The Hall–Kier alpha value is -3.06. The molecule has 0 N–H and O–H groups in total. The molecule has 1 aromatic carbocycles. The van der Waals surface area contributed by atoms with Gasteiger partial charge in [0.1, 0.15) is 0 Å². The Morgan fingerprint density at radius 1 is 1.14 bits per heavy atom. The van der Waals surface area contributed by atoms with E-state index in [2.05, 4.69) is 23.1 Å². The number of hydrogen-bond donors (Lipinski definition) is 0. The first-order valence-electron chi connectivity index (χ1n) is 9.33. The van der Waals surface area contributed by atoms with Crippen molar-refractivity contribution in [3.05, 3.63) is 71.8 Å². The molecule has 142 valence electrons. The van der Waals surface area contributed by atoms with Crippen LogP contribution in [0.25, 0.3) is 10.2 Å². The molecule has 0 saturated heterocycles. The fraction of sp³-hybridized carbons (Fsp3) is 0.238. The van der Waals surface area contributed by atoms with Crippen LogP contribution >= 0.6 is 11.3 Å². The minimum absolute atomic E-state index is 0.171. The molecule has 3 heterocycles. The second-order valence-corrected chi connectivity index (χ2v) is 7.39. The van der Waals surface area contributed by atoms with Crippen molar-refractivity contribution in [3.63, 3.8) is 0 Å². The number of para-hydroxylation sites is 1. The molecular formula is C21H21N5OS. The molecule has 0 aliphatic rings. The lowest BCUT2D eigenvalue weighted by molar-refractivity contribution is 0.0979. The van der Waals surface area contributed by atoms with Crippen molar-refractivity contribution in [1.29, 1.82) is 0 Å². The average molecular weight is 392 g/mol. The molecule has 6 nitrogen and oxygen atoms in total. The van der Waals surface area contributed by atoms with Crippen LogP contribution in [-0.4, -0.2) is 25.7 Å². The zero-order valence-electron chi connectivity index (χ0n) is 15.9. The van der Waals surface area contributed by atoms with Crippen molar-refractivity contribution in [3.8, 4) is 0 Å². The molecule has 0 aliphatic heterocycles. The van der Waals surface area contributed by atoms with Crippen molar-refractivity contribution in [2.75, 3.05) is 4.90 Å². The van der Waals surface area contributed by atoms with E-state index in [1.807, 2.05) is 43.5 Å². The molecule has 1 amide bonds. The van der Waals surface area contributed by atoms with Crippen LogP contribution in [0, 0.1) is 0 Å². The fourth-order valence-corrected chi connectivity index (χ4v) is 4.08. The first kappa shape index (κ1) is 18.3. The smallest absolute Gasteiger partial charge is 0.276 e. The number of anilines is 1. The topological polar surface area (TPSA) is 63.9 Å². The SMILES string of the molecule is CCc1cccc2sc(N(Cc3ccccn3)C(=O)c3ccn(CC)n3)nc12. The molecule has 0 atom stereocenters. The van der Waals surface area contributed by atoms with Gasteiger partial charge < -0.3 is 0 Å². The highest BCUT2D eigenvalue weighted by Gasteiger charge is 2.24. The third-order valence-electron chi connectivity index (χ3n) is 4.58. The van der Waals surface area contributed by atoms with Crippen molar-refractivity contribution in [1.82, 2.24) is 19.7 Å². The van der Waals surface area contributed by atoms with Crippen LogP contribution in [-0.2, 0) is 19.5 Å². The maximum Gasteiger partial charge on any atom is 0.280 e. The third-order valence-corrected chi connectivity index (χ3v) is 5.62. The number of aryl methyl sites for hydroxylation is 2. The Bertz CT molecular complexity index is 1100. The highest BCUT2D eigenvalue weighted by atomic mass is 32.1. The van der Waals surface area contributed by atoms with Gasteiger partial charge in [-0.15, -0.1) is 0 Å². The van der Waals surface area contributed by atoms with Gasteiger partial charge in [-0.25, -0.2) is 4.98 Å². The van der Waals surface area contributed by atoms with Gasteiger partial charge in [0, 0.05) is 18.9 Å². The molecule has 0 spiro atoms. The molecule has 7 heteroatoms. The summed E-state index contributed by atoms with van der Waals surface area (Å²) >= 11 is 1.52. The number of pyridine rings is 1. The maximum absolute atomic E-state index is 13.3. The molecule has 28 heavy (non-hydrogen) atoms. The highest BCUT2D eigenvalue weighted by Crippen LogP contribution is 2.32. The van der Waals surface area contributed by atoms with E-state index in [0.717, 1.165) is 22.3 Å². The third kappa shape index (κ3) is 3.53. The summed E-state index contributed by atoms with van der Waals surface area (Å²) in [5, 5.41) is 5.05. The van der Waals surface area contributed by atoms with Crippen LogP contribution in [0.3, 0.4) is 0 Å². The number of benzene rings is 1. The van der Waals surface area contributed by atoms with E-state index in [-0.39, 0.29) is 5.91 Å². The van der Waals surface area contributed by atoms with Gasteiger partial charge >= 0.3 is 0 Å². The fourth-order valence-electron chi connectivity index (χ4n) is 3.06. The van der Waals surface area contributed by atoms with Crippen molar-refractivity contribution < 1.29 is 4.79 Å². The minimum Gasteiger partial charge on any atom is -0.276 e. The van der Waals surface area contributed by atoms with Crippen molar-refractivity contribution in [2.45, 2.75) is 33.4 Å². The van der Waals surface area contributed by atoms with Crippen LogP contribution in [0.5, 0.6) is 0 Å². The molecule has 4 aromatic rings. The summed E-state index contributed by atoms with van der Waals surface area (Å²) in [6.45, 7) is 5.17. The number of rotatable bonds is 6. The molecular weight excluding hydrogens is 370 g/mol. The van der Waals surface area contributed by atoms with E-state index in [1.165, 1.54) is 16.9 Å². The summed E-state index contributed by atoms with van der Waals surface area (Å²) in [6, 6.07) is 13.6. The summed E-state index contributed by atoms with van der Waals surface area (Å²) in [5.41, 5.74) is 3.36. The summed E-state index contributed by atoms with van der Waals surface area (Å²) < 4.78 is 2.83. The normalized spacial score (nSPS) is 11.1. The first-order chi connectivity index (χ1) is 13.7. The Labute approximate surface area is 167 Å². The Kier molecular flexibility index (Phi) is 5.16. The number of thiazole rings is 1. The largest absolute Gasteiger partial charge is 0.280 e. The lowest BCUT2D eigenvalue weighted by atomic mass is 10.1. The van der Waals surface area contributed by atoms with Gasteiger partial charge in [-0.3, -0.25) is 19.4 Å².